The molecule has 0 radical (unpaired) electrons. The van der Waals surface area contributed by atoms with Gasteiger partial charge in [-0.1, -0.05) is 6.07 Å². The van der Waals surface area contributed by atoms with E-state index in [1.807, 2.05) is 0 Å². The third kappa shape index (κ3) is 1.78. The molecule has 0 amide bonds. The molecule has 4 heteroatoms. The highest BCUT2D eigenvalue weighted by Gasteiger charge is 2.13. The maximum Gasteiger partial charge on any atom is 0.168 e. The number of aryl methyl sites for hydroxylation is 2. The Hall–Kier alpha value is -1.84. The Balaban J connectivity index is 2.57. The van der Waals surface area contributed by atoms with Crippen molar-refractivity contribution in [3.8, 4) is 11.3 Å². The Kier molecular flexibility index (Phi) is 2.64. The highest BCUT2D eigenvalue weighted by Crippen LogP contribution is 2.23. The fourth-order valence-corrected chi connectivity index (χ4v) is 1.38. The number of nitrogens with zero attached hydrogens (tertiary/aromatic N) is 2. The van der Waals surface area contributed by atoms with Gasteiger partial charge in [-0.15, -0.1) is 0 Å². The highest BCUT2D eigenvalue weighted by atomic mass is 19.2. The molecule has 82 valence electrons. The Morgan fingerprint density at radius 2 is 1.69 bits per heavy atom. The van der Waals surface area contributed by atoms with Gasteiger partial charge in [0.2, 0.25) is 0 Å². The molecule has 1 aromatic heterocycles. The predicted molar refractivity (Wildman–Crippen MR) is 56.9 cm³/mol. The third-order valence-corrected chi connectivity index (χ3v) is 2.33. The van der Waals surface area contributed by atoms with E-state index in [0.29, 0.717) is 5.69 Å². The minimum atomic E-state index is -0.877. The molecule has 2 nitrogen and oxygen atoms in total. The van der Waals surface area contributed by atoms with Crippen LogP contribution >= 0.6 is 0 Å². The van der Waals surface area contributed by atoms with Gasteiger partial charge in [-0.25, -0.2) is 8.78 Å². The standard InChI is InChI=1S/C12H10F2N2/c1-7-3-4-9(12(14)11(7)13)10-6-15-8(2)5-16-10/h3-6H,1-2H3. The van der Waals surface area contributed by atoms with Crippen LogP contribution in [0.4, 0.5) is 8.78 Å². The van der Waals surface area contributed by atoms with Crippen molar-refractivity contribution in [3.05, 3.63) is 47.4 Å². The summed E-state index contributed by atoms with van der Waals surface area (Å²) in [5.74, 6) is -1.71. The van der Waals surface area contributed by atoms with Gasteiger partial charge in [-0.3, -0.25) is 9.97 Å². The molecule has 2 rings (SSSR count). The summed E-state index contributed by atoms with van der Waals surface area (Å²) in [6.07, 6.45) is 2.95. The smallest absolute Gasteiger partial charge is 0.168 e. The summed E-state index contributed by atoms with van der Waals surface area (Å²) in [7, 11) is 0. The van der Waals surface area contributed by atoms with Gasteiger partial charge in [0.05, 0.1) is 17.6 Å². The predicted octanol–water partition coefficient (Wildman–Crippen LogP) is 3.04. The van der Waals surface area contributed by atoms with E-state index >= 15 is 0 Å². The number of hydrogen-bond donors (Lipinski definition) is 0. The highest BCUT2D eigenvalue weighted by molar-refractivity contribution is 5.59. The summed E-state index contributed by atoms with van der Waals surface area (Å²) in [5.41, 5.74) is 1.48. The molecule has 0 bridgehead atoms. The molecule has 0 aliphatic heterocycles. The van der Waals surface area contributed by atoms with Gasteiger partial charge in [0.15, 0.2) is 11.6 Å². The fourth-order valence-electron chi connectivity index (χ4n) is 1.38. The lowest BCUT2D eigenvalue weighted by Gasteiger charge is -2.05. The number of hydrogen-bond acceptors (Lipinski definition) is 2. The number of rotatable bonds is 1. The monoisotopic (exact) mass is 220 g/mol. The lowest BCUT2D eigenvalue weighted by Crippen LogP contribution is -1.95. The van der Waals surface area contributed by atoms with E-state index in [1.54, 1.807) is 6.92 Å². The first-order valence-electron chi connectivity index (χ1n) is 4.83. The first kappa shape index (κ1) is 10.7. The van der Waals surface area contributed by atoms with Crippen molar-refractivity contribution >= 4 is 0 Å². The van der Waals surface area contributed by atoms with Crippen molar-refractivity contribution < 1.29 is 8.78 Å². The van der Waals surface area contributed by atoms with Crippen LogP contribution in [0.2, 0.25) is 0 Å². The molecule has 0 saturated carbocycles. The zero-order chi connectivity index (χ0) is 11.7. The van der Waals surface area contributed by atoms with Gasteiger partial charge in [0.1, 0.15) is 0 Å². The topological polar surface area (TPSA) is 25.8 Å². The molecule has 2 aromatic rings. The van der Waals surface area contributed by atoms with Crippen LogP contribution in [-0.2, 0) is 0 Å². The molecule has 0 spiro atoms. The lowest BCUT2D eigenvalue weighted by molar-refractivity contribution is 0.505. The van der Waals surface area contributed by atoms with Crippen LogP contribution in [0.25, 0.3) is 11.3 Å². The van der Waals surface area contributed by atoms with E-state index in [-0.39, 0.29) is 11.1 Å². The largest absolute Gasteiger partial charge is 0.258 e. The molecule has 0 aliphatic carbocycles. The Morgan fingerprint density at radius 3 is 2.31 bits per heavy atom. The Labute approximate surface area is 92.0 Å². The summed E-state index contributed by atoms with van der Waals surface area (Å²) in [6, 6.07) is 3.03. The summed E-state index contributed by atoms with van der Waals surface area (Å²) in [4.78, 5) is 8.01. The van der Waals surface area contributed by atoms with E-state index in [1.165, 1.54) is 31.5 Å². The van der Waals surface area contributed by atoms with E-state index < -0.39 is 11.6 Å². The number of halogens is 2. The fraction of sp³-hybridized carbons (Fsp3) is 0.167. The van der Waals surface area contributed by atoms with Crippen molar-refractivity contribution in [2.24, 2.45) is 0 Å². The maximum absolute atomic E-state index is 13.6. The molecule has 0 fully saturated rings. The molecule has 0 N–H and O–H groups in total. The van der Waals surface area contributed by atoms with Crippen LogP contribution in [0.1, 0.15) is 11.3 Å². The van der Waals surface area contributed by atoms with Gasteiger partial charge in [0.25, 0.3) is 0 Å². The number of aromatic nitrogens is 2. The summed E-state index contributed by atoms with van der Waals surface area (Å²) in [6.45, 7) is 3.30. The zero-order valence-electron chi connectivity index (χ0n) is 8.96. The second kappa shape index (κ2) is 3.96. The molecule has 1 aromatic carbocycles. The van der Waals surface area contributed by atoms with E-state index in [4.69, 9.17) is 0 Å². The van der Waals surface area contributed by atoms with Gasteiger partial charge < -0.3 is 0 Å². The third-order valence-electron chi connectivity index (χ3n) is 2.33. The first-order chi connectivity index (χ1) is 7.59. The van der Waals surface area contributed by atoms with Crippen molar-refractivity contribution in [2.75, 3.05) is 0 Å². The van der Waals surface area contributed by atoms with Gasteiger partial charge >= 0.3 is 0 Å². The van der Waals surface area contributed by atoms with Crippen molar-refractivity contribution in [1.82, 2.24) is 9.97 Å². The first-order valence-corrected chi connectivity index (χ1v) is 4.83. The quantitative estimate of drug-likeness (QED) is 0.738. The van der Waals surface area contributed by atoms with Crippen molar-refractivity contribution in [2.45, 2.75) is 13.8 Å². The normalized spacial score (nSPS) is 10.5. The summed E-state index contributed by atoms with van der Waals surface area (Å²) < 4.78 is 26.9. The molecule has 0 unspecified atom stereocenters. The van der Waals surface area contributed by atoms with E-state index in [2.05, 4.69) is 9.97 Å². The lowest BCUT2D eigenvalue weighted by atomic mass is 10.1. The van der Waals surface area contributed by atoms with Crippen LogP contribution < -0.4 is 0 Å². The van der Waals surface area contributed by atoms with Crippen molar-refractivity contribution in [3.63, 3.8) is 0 Å². The molecular formula is C12H10F2N2. The second-order valence-corrected chi connectivity index (χ2v) is 3.60. The van der Waals surface area contributed by atoms with E-state index in [0.717, 1.165) is 5.69 Å². The molecule has 0 saturated heterocycles. The minimum absolute atomic E-state index is 0.135. The maximum atomic E-state index is 13.6. The summed E-state index contributed by atoms with van der Waals surface area (Å²) in [5, 5.41) is 0. The van der Waals surface area contributed by atoms with Crippen molar-refractivity contribution in [1.29, 1.82) is 0 Å². The zero-order valence-corrected chi connectivity index (χ0v) is 8.96. The van der Waals surface area contributed by atoms with Crippen LogP contribution in [-0.4, -0.2) is 9.97 Å². The molecular weight excluding hydrogens is 210 g/mol. The van der Waals surface area contributed by atoms with Gasteiger partial charge in [-0.05, 0) is 25.5 Å². The average Bonchev–Trinajstić information content (AvgIpc) is 2.28. The van der Waals surface area contributed by atoms with Crippen LogP contribution in [0, 0.1) is 25.5 Å². The molecule has 0 atom stereocenters. The van der Waals surface area contributed by atoms with Crippen LogP contribution in [0.3, 0.4) is 0 Å². The summed E-state index contributed by atoms with van der Waals surface area (Å²) >= 11 is 0. The van der Waals surface area contributed by atoms with Crippen LogP contribution in [0.5, 0.6) is 0 Å². The molecule has 0 aliphatic rings. The molecule has 1 heterocycles. The Morgan fingerprint density at radius 1 is 0.938 bits per heavy atom. The SMILES string of the molecule is Cc1cnc(-c2ccc(C)c(F)c2F)cn1. The minimum Gasteiger partial charge on any atom is -0.258 e. The molecule has 16 heavy (non-hydrogen) atoms. The average molecular weight is 220 g/mol. The van der Waals surface area contributed by atoms with E-state index in [9.17, 15) is 8.78 Å². The number of benzene rings is 1. The Bertz CT molecular complexity index is 521. The van der Waals surface area contributed by atoms with Crippen LogP contribution in [0.15, 0.2) is 24.5 Å². The van der Waals surface area contributed by atoms with Gasteiger partial charge in [0, 0.05) is 11.8 Å². The second-order valence-electron chi connectivity index (χ2n) is 3.60. The van der Waals surface area contributed by atoms with Gasteiger partial charge in [-0.2, -0.15) is 0 Å².